The van der Waals surface area contributed by atoms with Crippen LogP contribution in [-0.4, -0.2) is 0 Å². The van der Waals surface area contributed by atoms with Crippen LogP contribution in [-0.2, 0) is 0 Å². The Balaban J connectivity index is 2.46. The van der Waals surface area contributed by atoms with E-state index >= 15 is 0 Å². The molecule has 12 heavy (non-hydrogen) atoms. The molecular weight excluding hydrogens is 148 g/mol. The Bertz CT molecular complexity index is 330. The van der Waals surface area contributed by atoms with Gasteiger partial charge in [-0.15, -0.1) is 0 Å². The van der Waals surface area contributed by atoms with Crippen LogP contribution >= 0.6 is 0 Å². The Morgan fingerprint density at radius 3 is 3.17 bits per heavy atom. The van der Waals surface area contributed by atoms with Crippen LogP contribution in [0.4, 0.5) is 0 Å². The molecule has 0 unspecified atom stereocenters. The van der Waals surface area contributed by atoms with Gasteiger partial charge in [-0.25, -0.2) is 0 Å². The van der Waals surface area contributed by atoms with Crippen LogP contribution in [0.3, 0.4) is 0 Å². The van der Waals surface area contributed by atoms with Gasteiger partial charge in [0.1, 0.15) is 5.82 Å². The minimum absolute atomic E-state index is 0.734. The van der Waals surface area contributed by atoms with Gasteiger partial charge in [0.05, 0.1) is 0 Å². The van der Waals surface area contributed by atoms with E-state index in [1.54, 1.807) is 0 Å². The molecule has 0 saturated carbocycles. The zero-order valence-electron chi connectivity index (χ0n) is 7.09. The van der Waals surface area contributed by atoms with Crippen molar-refractivity contribution in [2.24, 2.45) is 5.73 Å². The third-order valence-electron chi connectivity index (χ3n) is 2.17. The maximum Gasteiger partial charge on any atom is 0.101 e. The number of nitrogens with one attached hydrogen (secondary N) is 1. The molecule has 2 aliphatic rings. The van der Waals surface area contributed by atoms with Gasteiger partial charge in [-0.05, 0) is 36.6 Å². The Kier molecular flexibility index (Phi) is 1.54. The minimum atomic E-state index is 0.734. The van der Waals surface area contributed by atoms with E-state index < -0.39 is 0 Å². The number of fused-ring (bicyclic) bond motifs is 1. The molecule has 1 heterocycles. The molecule has 0 radical (unpaired) electrons. The van der Waals surface area contributed by atoms with Gasteiger partial charge in [-0.3, -0.25) is 0 Å². The molecule has 2 heteroatoms. The highest BCUT2D eigenvalue weighted by Crippen LogP contribution is 2.25. The van der Waals surface area contributed by atoms with Gasteiger partial charge < -0.3 is 11.1 Å². The fourth-order valence-corrected chi connectivity index (χ4v) is 1.56. The highest BCUT2D eigenvalue weighted by molar-refractivity contribution is 5.48. The fourth-order valence-electron chi connectivity index (χ4n) is 1.56. The number of nitrogens with two attached hydrogens (primary N) is 1. The highest BCUT2D eigenvalue weighted by Gasteiger charge is 2.13. The molecule has 62 valence electrons. The van der Waals surface area contributed by atoms with E-state index in [2.05, 4.69) is 30.5 Å². The standard InChI is InChI=1S/C10H12N2/c1-7-6-10(11)12-9-5-3-2-4-8(7)9/h2-3,5-6,12H,4,11H2,1H3. The van der Waals surface area contributed by atoms with E-state index in [1.165, 1.54) is 11.1 Å². The van der Waals surface area contributed by atoms with Crippen molar-refractivity contribution in [3.05, 3.63) is 47.0 Å². The average Bonchev–Trinajstić information content (AvgIpc) is 2.04. The van der Waals surface area contributed by atoms with Crippen LogP contribution in [0.1, 0.15) is 13.3 Å². The lowest BCUT2D eigenvalue weighted by Crippen LogP contribution is -2.25. The van der Waals surface area contributed by atoms with E-state index in [0.717, 1.165) is 17.9 Å². The maximum absolute atomic E-state index is 5.68. The Morgan fingerprint density at radius 2 is 2.33 bits per heavy atom. The van der Waals surface area contributed by atoms with Crippen molar-refractivity contribution in [1.29, 1.82) is 0 Å². The van der Waals surface area contributed by atoms with Crippen molar-refractivity contribution < 1.29 is 0 Å². The summed E-state index contributed by atoms with van der Waals surface area (Å²) in [5.74, 6) is 0.734. The molecule has 0 aromatic carbocycles. The molecular formula is C10H12N2. The number of hydrogen-bond acceptors (Lipinski definition) is 2. The Labute approximate surface area is 72.1 Å². The average molecular weight is 160 g/mol. The predicted octanol–water partition coefficient (Wildman–Crippen LogP) is 1.55. The Hall–Kier alpha value is -1.44. The second-order valence-electron chi connectivity index (χ2n) is 3.10. The molecule has 1 aliphatic heterocycles. The highest BCUT2D eigenvalue weighted by atomic mass is 15.0. The number of hydrogen-bond donors (Lipinski definition) is 2. The first kappa shape index (κ1) is 7.22. The first-order valence-electron chi connectivity index (χ1n) is 4.08. The summed E-state index contributed by atoms with van der Waals surface area (Å²) in [6.45, 7) is 2.09. The van der Waals surface area contributed by atoms with Crippen LogP contribution in [0, 0.1) is 0 Å². The lowest BCUT2D eigenvalue weighted by molar-refractivity contribution is 0.898. The van der Waals surface area contributed by atoms with Crippen molar-refractivity contribution in [3.63, 3.8) is 0 Å². The zero-order chi connectivity index (χ0) is 8.55. The summed E-state index contributed by atoms with van der Waals surface area (Å²) in [5.41, 5.74) is 9.45. The molecule has 0 fully saturated rings. The first-order valence-corrected chi connectivity index (χ1v) is 4.08. The first-order chi connectivity index (χ1) is 5.77. The van der Waals surface area contributed by atoms with Gasteiger partial charge in [-0.1, -0.05) is 12.2 Å². The van der Waals surface area contributed by atoms with E-state index in [-0.39, 0.29) is 0 Å². The summed E-state index contributed by atoms with van der Waals surface area (Å²) in [4.78, 5) is 0. The molecule has 0 spiro atoms. The fraction of sp³-hybridized carbons (Fsp3) is 0.200. The van der Waals surface area contributed by atoms with Crippen molar-refractivity contribution in [3.8, 4) is 0 Å². The lowest BCUT2D eigenvalue weighted by Gasteiger charge is -2.22. The third kappa shape index (κ3) is 1.05. The molecule has 2 rings (SSSR count). The zero-order valence-corrected chi connectivity index (χ0v) is 7.09. The number of allylic oxidation sites excluding steroid dienone is 6. The number of rotatable bonds is 0. The van der Waals surface area contributed by atoms with Gasteiger partial charge in [0.15, 0.2) is 0 Å². The van der Waals surface area contributed by atoms with Crippen molar-refractivity contribution in [2.75, 3.05) is 0 Å². The summed E-state index contributed by atoms with van der Waals surface area (Å²) < 4.78 is 0. The van der Waals surface area contributed by atoms with Crippen molar-refractivity contribution in [1.82, 2.24) is 5.32 Å². The van der Waals surface area contributed by atoms with Crippen LogP contribution in [0.2, 0.25) is 0 Å². The molecule has 0 atom stereocenters. The van der Waals surface area contributed by atoms with Crippen LogP contribution in [0.5, 0.6) is 0 Å². The summed E-state index contributed by atoms with van der Waals surface area (Å²) in [6.07, 6.45) is 9.25. The van der Waals surface area contributed by atoms with Crippen LogP contribution < -0.4 is 11.1 Å². The van der Waals surface area contributed by atoms with Crippen molar-refractivity contribution >= 4 is 0 Å². The van der Waals surface area contributed by atoms with E-state index in [1.807, 2.05) is 6.08 Å². The smallest absolute Gasteiger partial charge is 0.101 e. The van der Waals surface area contributed by atoms with Gasteiger partial charge in [0, 0.05) is 5.70 Å². The largest absolute Gasteiger partial charge is 0.385 e. The lowest BCUT2D eigenvalue weighted by atomic mass is 9.96. The van der Waals surface area contributed by atoms with Crippen LogP contribution in [0.25, 0.3) is 0 Å². The van der Waals surface area contributed by atoms with Crippen LogP contribution in [0.15, 0.2) is 47.0 Å². The minimum Gasteiger partial charge on any atom is -0.385 e. The van der Waals surface area contributed by atoms with Gasteiger partial charge >= 0.3 is 0 Å². The molecule has 0 aromatic heterocycles. The SMILES string of the molecule is CC1=C2CC=CC=C2NC(N)=C1. The Morgan fingerprint density at radius 1 is 1.50 bits per heavy atom. The molecule has 0 aromatic rings. The van der Waals surface area contributed by atoms with Gasteiger partial charge in [0.25, 0.3) is 0 Å². The van der Waals surface area contributed by atoms with E-state index in [9.17, 15) is 0 Å². The predicted molar refractivity (Wildman–Crippen MR) is 49.9 cm³/mol. The van der Waals surface area contributed by atoms with E-state index in [0.29, 0.717) is 0 Å². The maximum atomic E-state index is 5.68. The van der Waals surface area contributed by atoms with E-state index in [4.69, 9.17) is 5.73 Å². The van der Waals surface area contributed by atoms with Crippen molar-refractivity contribution in [2.45, 2.75) is 13.3 Å². The summed E-state index contributed by atoms with van der Waals surface area (Å²) in [5, 5.41) is 3.14. The molecule has 0 bridgehead atoms. The second kappa shape index (κ2) is 2.55. The third-order valence-corrected chi connectivity index (χ3v) is 2.17. The summed E-state index contributed by atoms with van der Waals surface area (Å²) >= 11 is 0. The molecule has 2 nitrogen and oxygen atoms in total. The molecule has 0 amide bonds. The summed E-state index contributed by atoms with van der Waals surface area (Å²) in [7, 11) is 0. The quantitative estimate of drug-likeness (QED) is 0.564. The second-order valence-corrected chi connectivity index (χ2v) is 3.10. The monoisotopic (exact) mass is 160 g/mol. The van der Waals surface area contributed by atoms with Gasteiger partial charge in [0.2, 0.25) is 0 Å². The van der Waals surface area contributed by atoms with Gasteiger partial charge in [-0.2, -0.15) is 0 Å². The normalized spacial score (nSPS) is 21.1. The molecule has 3 N–H and O–H groups in total. The number of dihydropyridines is 1. The molecule has 0 saturated heterocycles. The summed E-state index contributed by atoms with van der Waals surface area (Å²) in [6, 6.07) is 0. The molecule has 1 aliphatic carbocycles. The topological polar surface area (TPSA) is 38.0 Å².